The van der Waals surface area contributed by atoms with Gasteiger partial charge in [0.15, 0.2) is 5.82 Å². The summed E-state index contributed by atoms with van der Waals surface area (Å²) in [5.41, 5.74) is 2.25. The zero-order chi connectivity index (χ0) is 26.1. The topological polar surface area (TPSA) is 117 Å². The second-order valence-corrected chi connectivity index (χ2v) is 11.7. The number of aryl methyl sites for hydroxylation is 1. The van der Waals surface area contributed by atoms with Crippen LogP contribution >= 0.6 is 0 Å². The molecule has 196 valence electrons. The number of para-hydroxylation sites is 1. The number of rotatable bonds is 10. The summed E-state index contributed by atoms with van der Waals surface area (Å²) >= 11 is 0. The minimum Gasteiger partial charge on any atom is -0.494 e. The van der Waals surface area contributed by atoms with Crippen LogP contribution in [-0.4, -0.2) is 61.4 Å². The van der Waals surface area contributed by atoms with E-state index in [1.54, 1.807) is 42.3 Å². The fourth-order valence-corrected chi connectivity index (χ4v) is 6.23. The zero-order valence-corrected chi connectivity index (χ0v) is 22.3. The third kappa shape index (κ3) is 5.31. The second-order valence-electron chi connectivity index (χ2n) is 9.93. The predicted molar refractivity (Wildman–Crippen MR) is 139 cm³/mol. The number of anilines is 1. The van der Waals surface area contributed by atoms with Crippen LogP contribution in [0.5, 0.6) is 11.5 Å². The number of hydrogen-bond acceptors (Lipinski definition) is 8. The van der Waals surface area contributed by atoms with Crippen LogP contribution in [0.25, 0.3) is 17.1 Å². The van der Waals surface area contributed by atoms with Crippen LogP contribution in [0.3, 0.4) is 0 Å². The Morgan fingerprint density at radius 3 is 2.36 bits per heavy atom. The molecule has 1 aliphatic carbocycles. The molecule has 0 bridgehead atoms. The van der Waals surface area contributed by atoms with Gasteiger partial charge in [-0.25, -0.2) is 8.42 Å². The maximum atomic E-state index is 13.3. The average Bonchev–Trinajstić information content (AvgIpc) is 3.22. The highest BCUT2D eigenvalue weighted by molar-refractivity contribution is 7.92. The van der Waals surface area contributed by atoms with Crippen molar-refractivity contribution in [2.45, 2.75) is 39.7 Å². The van der Waals surface area contributed by atoms with E-state index in [-0.39, 0.29) is 24.5 Å². The Morgan fingerprint density at radius 2 is 1.81 bits per heavy atom. The van der Waals surface area contributed by atoms with E-state index < -0.39 is 16.1 Å². The lowest BCUT2D eigenvalue weighted by atomic mass is 9.63. The Hall–Kier alpha value is -3.18. The average molecular weight is 518 g/mol. The van der Waals surface area contributed by atoms with Crippen molar-refractivity contribution in [3.05, 3.63) is 42.2 Å². The van der Waals surface area contributed by atoms with Crippen molar-refractivity contribution < 1.29 is 24.1 Å². The first-order chi connectivity index (χ1) is 17.1. The van der Waals surface area contributed by atoms with Gasteiger partial charge in [0.05, 0.1) is 26.1 Å². The molecule has 0 saturated heterocycles. The van der Waals surface area contributed by atoms with Gasteiger partial charge >= 0.3 is 0 Å². The lowest BCUT2D eigenvalue weighted by Crippen LogP contribution is -2.44. The van der Waals surface area contributed by atoms with Crippen LogP contribution in [-0.2, 0) is 14.8 Å². The number of nitrogens with zero attached hydrogens (tertiary/aromatic N) is 4. The molecule has 1 saturated carbocycles. The van der Waals surface area contributed by atoms with E-state index in [2.05, 4.69) is 33.8 Å². The Bertz CT molecular complexity index is 1310. The van der Waals surface area contributed by atoms with Gasteiger partial charge in [-0.2, -0.15) is 0 Å². The van der Waals surface area contributed by atoms with E-state index >= 15 is 0 Å². The molecule has 1 N–H and O–H groups in total. The SMILES string of the molecule is COc1cccc(OC)c1-n1c(NS(=O)(=O)C[C@H](OC)C2CC(C)(C)C2)nnc1-c1cncc(C)c1.[HH]. The standard InChI is InChI=1S/C25H33N5O5S.H2/c1-16-10-17(14-26-13-16)23-27-28-24(30(23)22-19(33-4)8-7-9-20(22)34-5)29-36(31,32)15-21(35-6)18-11-25(2,3)12-18;/h7-10,13-14,18,21H,11-12,15H2,1-6H3,(H,28,29);1H/t21-;/m0./s1. The molecule has 1 atom stereocenters. The van der Waals surface area contributed by atoms with Crippen molar-refractivity contribution in [2.24, 2.45) is 11.3 Å². The largest absolute Gasteiger partial charge is 0.494 e. The first-order valence-corrected chi connectivity index (χ1v) is 13.3. The van der Waals surface area contributed by atoms with E-state index in [4.69, 9.17) is 14.2 Å². The summed E-state index contributed by atoms with van der Waals surface area (Å²) in [6.45, 7) is 6.26. The van der Waals surface area contributed by atoms with Crippen molar-refractivity contribution in [1.29, 1.82) is 0 Å². The highest BCUT2D eigenvalue weighted by Gasteiger charge is 2.42. The molecule has 0 radical (unpaired) electrons. The molecule has 1 aliphatic rings. The predicted octanol–water partition coefficient (Wildman–Crippen LogP) is 4.09. The summed E-state index contributed by atoms with van der Waals surface area (Å²) in [7, 11) is 0.768. The van der Waals surface area contributed by atoms with E-state index in [1.165, 1.54) is 14.2 Å². The third-order valence-electron chi connectivity index (χ3n) is 6.51. The lowest BCUT2D eigenvalue weighted by molar-refractivity contribution is -0.0255. The highest BCUT2D eigenvalue weighted by atomic mass is 32.2. The number of hydrogen-bond donors (Lipinski definition) is 1. The number of nitrogens with one attached hydrogen (secondary N) is 1. The fourth-order valence-electron chi connectivity index (χ4n) is 4.89. The van der Waals surface area contributed by atoms with Crippen LogP contribution in [0.4, 0.5) is 5.95 Å². The quantitative estimate of drug-likeness (QED) is 0.427. The summed E-state index contributed by atoms with van der Waals surface area (Å²) in [6, 6.07) is 7.20. The van der Waals surface area contributed by atoms with Crippen molar-refractivity contribution in [3.63, 3.8) is 0 Å². The molecule has 0 aliphatic heterocycles. The number of aromatic nitrogens is 4. The van der Waals surface area contributed by atoms with E-state index in [0.717, 1.165) is 18.4 Å². The molecule has 3 aromatic rings. The number of benzene rings is 1. The van der Waals surface area contributed by atoms with Gasteiger partial charge in [0.1, 0.15) is 17.2 Å². The first kappa shape index (κ1) is 25.9. The Labute approximate surface area is 213 Å². The lowest BCUT2D eigenvalue weighted by Gasteiger charge is -2.45. The molecule has 2 heterocycles. The van der Waals surface area contributed by atoms with Gasteiger partial charge in [0, 0.05) is 26.5 Å². The Balaban J connectivity index is 0.00000380. The Morgan fingerprint density at radius 1 is 1.14 bits per heavy atom. The molecule has 2 aromatic heterocycles. The Kier molecular flexibility index (Phi) is 7.24. The molecule has 11 heteroatoms. The van der Waals surface area contributed by atoms with Crippen molar-refractivity contribution in [2.75, 3.05) is 31.8 Å². The van der Waals surface area contributed by atoms with Gasteiger partial charge in [-0.05, 0) is 54.9 Å². The first-order valence-electron chi connectivity index (χ1n) is 11.7. The normalized spacial score (nSPS) is 16.3. The van der Waals surface area contributed by atoms with Crippen molar-refractivity contribution in [1.82, 2.24) is 19.7 Å². The van der Waals surface area contributed by atoms with Gasteiger partial charge in [0.25, 0.3) is 0 Å². The van der Waals surface area contributed by atoms with E-state index in [1.807, 2.05) is 13.0 Å². The molecule has 1 fully saturated rings. The number of pyridine rings is 1. The number of methoxy groups -OCH3 is 3. The number of sulfonamides is 1. The minimum absolute atomic E-state index is 0. The fraction of sp³-hybridized carbons (Fsp3) is 0.480. The van der Waals surface area contributed by atoms with Crippen LogP contribution in [0.2, 0.25) is 0 Å². The van der Waals surface area contributed by atoms with E-state index in [0.29, 0.717) is 28.6 Å². The van der Waals surface area contributed by atoms with E-state index in [9.17, 15) is 8.42 Å². The molecule has 0 spiro atoms. The number of ether oxygens (including phenoxy) is 3. The minimum atomic E-state index is -3.85. The summed E-state index contributed by atoms with van der Waals surface area (Å²) < 4.78 is 47.6. The van der Waals surface area contributed by atoms with Crippen LogP contribution < -0.4 is 14.2 Å². The maximum Gasteiger partial charge on any atom is 0.243 e. The summed E-state index contributed by atoms with van der Waals surface area (Å²) in [6.07, 6.45) is 4.78. The van der Waals surface area contributed by atoms with Gasteiger partial charge < -0.3 is 14.2 Å². The van der Waals surface area contributed by atoms with Gasteiger partial charge in [-0.1, -0.05) is 19.9 Å². The molecule has 0 unspecified atom stereocenters. The molecule has 36 heavy (non-hydrogen) atoms. The second kappa shape index (κ2) is 10.1. The van der Waals surface area contributed by atoms with Gasteiger partial charge in [0.2, 0.25) is 16.0 Å². The smallest absolute Gasteiger partial charge is 0.243 e. The molecule has 1 aromatic carbocycles. The van der Waals surface area contributed by atoms with Crippen LogP contribution in [0.1, 0.15) is 33.7 Å². The maximum absolute atomic E-state index is 13.3. The summed E-state index contributed by atoms with van der Waals surface area (Å²) in [4.78, 5) is 4.26. The highest BCUT2D eigenvalue weighted by Crippen LogP contribution is 2.47. The summed E-state index contributed by atoms with van der Waals surface area (Å²) in [5.74, 6) is 1.31. The molecular formula is C25H35N5O5S. The summed E-state index contributed by atoms with van der Waals surface area (Å²) in [5, 5.41) is 8.54. The molecule has 10 nitrogen and oxygen atoms in total. The zero-order valence-electron chi connectivity index (χ0n) is 21.5. The monoisotopic (exact) mass is 517 g/mol. The van der Waals surface area contributed by atoms with Crippen LogP contribution in [0.15, 0.2) is 36.7 Å². The van der Waals surface area contributed by atoms with Gasteiger partial charge in [-0.3, -0.25) is 14.3 Å². The van der Waals surface area contributed by atoms with Crippen LogP contribution in [0, 0.1) is 18.3 Å². The third-order valence-corrected chi connectivity index (χ3v) is 7.77. The van der Waals surface area contributed by atoms with Gasteiger partial charge in [-0.15, -0.1) is 10.2 Å². The molecule has 0 amide bonds. The molecular weight excluding hydrogens is 482 g/mol. The molecule has 4 rings (SSSR count). The van der Waals surface area contributed by atoms with Crippen molar-refractivity contribution >= 4 is 16.0 Å². The van der Waals surface area contributed by atoms with Crippen molar-refractivity contribution in [3.8, 4) is 28.6 Å².